The SMILES string of the molecule is COCOC1CCN(C(=O)[C@H](COCCCCCC(N)=O)c2ccccc2)CC1. The number of methoxy groups -OCH3 is 1. The van der Waals surface area contributed by atoms with Gasteiger partial charge in [0.05, 0.1) is 18.6 Å². The number of hydrogen-bond donors (Lipinski definition) is 1. The van der Waals surface area contributed by atoms with Crippen molar-refractivity contribution in [2.24, 2.45) is 5.73 Å². The van der Waals surface area contributed by atoms with Gasteiger partial charge in [-0.05, 0) is 31.2 Å². The molecule has 0 bridgehead atoms. The van der Waals surface area contributed by atoms with Crippen molar-refractivity contribution in [3.8, 4) is 0 Å². The molecule has 1 heterocycles. The highest BCUT2D eigenvalue weighted by molar-refractivity contribution is 5.84. The maximum atomic E-state index is 13.2. The molecule has 2 N–H and O–H groups in total. The highest BCUT2D eigenvalue weighted by Gasteiger charge is 2.29. The maximum absolute atomic E-state index is 13.2. The first-order valence-corrected chi connectivity index (χ1v) is 10.4. The molecule has 0 radical (unpaired) electrons. The molecule has 0 saturated carbocycles. The number of piperidine rings is 1. The first-order chi connectivity index (χ1) is 14.1. The van der Waals surface area contributed by atoms with Gasteiger partial charge in [0.2, 0.25) is 11.8 Å². The zero-order valence-corrected chi connectivity index (χ0v) is 17.4. The summed E-state index contributed by atoms with van der Waals surface area (Å²) in [5.74, 6) is -0.467. The number of rotatable bonds is 13. The molecule has 7 heteroatoms. The zero-order valence-electron chi connectivity index (χ0n) is 17.4. The van der Waals surface area contributed by atoms with Gasteiger partial charge in [0, 0.05) is 33.2 Å². The quantitative estimate of drug-likeness (QED) is 0.401. The minimum Gasteiger partial charge on any atom is -0.380 e. The topological polar surface area (TPSA) is 91.1 Å². The number of unbranched alkanes of at least 4 members (excludes halogenated alkanes) is 2. The van der Waals surface area contributed by atoms with E-state index >= 15 is 0 Å². The lowest BCUT2D eigenvalue weighted by molar-refractivity contribution is -0.139. The van der Waals surface area contributed by atoms with E-state index in [0.717, 1.165) is 37.7 Å². The Balaban J connectivity index is 1.83. The van der Waals surface area contributed by atoms with Gasteiger partial charge in [0.25, 0.3) is 0 Å². The van der Waals surface area contributed by atoms with Crippen molar-refractivity contribution >= 4 is 11.8 Å². The molecule has 0 spiro atoms. The molecule has 1 aliphatic heterocycles. The predicted octanol–water partition coefficient (Wildman–Crippen LogP) is 2.44. The Morgan fingerprint density at radius 2 is 1.86 bits per heavy atom. The van der Waals surface area contributed by atoms with Gasteiger partial charge in [0.15, 0.2) is 0 Å². The zero-order chi connectivity index (χ0) is 20.9. The number of nitrogens with zero attached hydrogens (tertiary/aromatic N) is 1. The summed E-state index contributed by atoms with van der Waals surface area (Å²) in [7, 11) is 1.61. The molecule has 1 atom stereocenters. The summed E-state index contributed by atoms with van der Waals surface area (Å²) < 4.78 is 16.4. The lowest BCUT2D eigenvalue weighted by atomic mass is 9.97. The van der Waals surface area contributed by atoms with Crippen LogP contribution in [0, 0.1) is 0 Å². The van der Waals surface area contributed by atoms with Crippen LogP contribution in [0.15, 0.2) is 30.3 Å². The minimum atomic E-state index is -0.307. The molecule has 0 aliphatic carbocycles. The molecule has 162 valence electrons. The lowest BCUT2D eigenvalue weighted by Gasteiger charge is -2.34. The summed E-state index contributed by atoms with van der Waals surface area (Å²) in [6.45, 7) is 2.59. The van der Waals surface area contributed by atoms with Gasteiger partial charge in [-0.1, -0.05) is 36.8 Å². The molecule has 0 unspecified atom stereocenters. The second kappa shape index (κ2) is 13.3. The van der Waals surface area contributed by atoms with Gasteiger partial charge in [-0.3, -0.25) is 9.59 Å². The van der Waals surface area contributed by atoms with E-state index in [2.05, 4.69) is 0 Å². The molecular weight excluding hydrogens is 372 g/mol. The highest BCUT2D eigenvalue weighted by Crippen LogP contribution is 2.23. The van der Waals surface area contributed by atoms with Crippen molar-refractivity contribution < 1.29 is 23.8 Å². The van der Waals surface area contributed by atoms with Crippen LogP contribution < -0.4 is 5.73 Å². The summed E-state index contributed by atoms with van der Waals surface area (Å²) in [6.07, 6.45) is 4.71. The highest BCUT2D eigenvalue weighted by atomic mass is 16.7. The fourth-order valence-electron chi connectivity index (χ4n) is 3.50. The first kappa shape index (κ1) is 23.3. The van der Waals surface area contributed by atoms with Crippen LogP contribution in [-0.4, -0.2) is 63.0 Å². The predicted molar refractivity (Wildman–Crippen MR) is 110 cm³/mol. The standard InChI is InChI=1S/C22H34N2O5/c1-27-17-29-19-11-13-24(14-12-19)22(26)20(18-8-4-2-5-9-18)16-28-15-7-3-6-10-21(23)25/h2,4-5,8-9,19-20H,3,6-7,10-17H2,1H3,(H2,23,25)/t20-/m1/s1. The van der Waals surface area contributed by atoms with Crippen LogP contribution >= 0.6 is 0 Å². The van der Waals surface area contributed by atoms with Crippen molar-refractivity contribution in [3.63, 3.8) is 0 Å². The van der Waals surface area contributed by atoms with Crippen LogP contribution in [0.2, 0.25) is 0 Å². The van der Waals surface area contributed by atoms with E-state index in [1.54, 1.807) is 7.11 Å². The third-order valence-electron chi connectivity index (χ3n) is 5.17. The van der Waals surface area contributed by atoms with E-state index < -0.39 is 0 Å². The molecule has 2 rings (SSSR count). The van der Waals surface area contributed by atoms with Crippen LogP contribution in [0.1, 0.15) is 50.0 Å². The number of primary amides is 1. The van der Waals surface area contributed by atoms with E-state index in [1.807, 2.05) is 35.2 Å². The third-order valence-corrected chi connectivity index (χ3v) is 5.17. The summed E-state index contributed by atoms with van der Waals surface area (Å²) in [4.78, 5) is 25.9. The smallest absolute Gasteiger partial charge is 0.232 e. The Bertz CT molecular complexity index is 602. The molecular formula is C22H34N2O5. The molecule has 1 aromatic rings. The number of nitrogens with two attached hydrogens (primary N) is 1. The molecule has 1 saturated heterocycles. The Morgan fingerprint density at radius 1 is 1.14 bits per heavy atom. The Kier molecular flexibility index (Phi) is 10.7. The number of amides is 2. The Hall–Kier alpha value is -1.96. The van der Waals surface area contributed by atoms with E-state index in [9.17, 15) is 9.59 Å². The van der Waals surface area contributed by atoms with Crippen LogP contribution in [0.25, 0.3) is 0 Å². The summed E-state index contributed by atoms with van der Waals surface area (Å²) in [5, 5.41) is 0. The molecule has 1 fully saturated rings. The number of benzene rings is 1. The molecule has 1 aromatic carbocycles. The number of ether oxygens (including phenoxy) is 3. The second-order valence-electron chi connectivity index (χ2n) is 7.41. The number of carbonyl (C=O) groups is 2. The fraction of sp³-hybridized carbons (Fsp3) is 0.636. The van der Waals surface area contributed by atoms with Gasteiger partial charge in [-0.2, -0.15) is 0 Å². The van der Waals surface area contributed by atoms with Gasteiger partial charge in [0.1, 0.15) is 6.79 Å². The van der Waals surface area contributed by atoms with E-state index in [4.69, 9.17) is 19.9 Å². The monoisotopic (exact) mass is 406 g/mol. The molecule has 2 amide bonds. The van der Waals surface area contributed by atoms with Gasteiger partial charge >= 0.3 is 0 Å². The molecule has 0 aromatic heterocycles. The van der Waals surface area contributed by atoms with Gasteiger partial charge in [-0.15, -0.1) is 0 Å². The van der Waals surface area contributed by atoms with E-state index in [0.29, 0.717) is 39.5 Å². The van der Waals surface area contributed by atoms with Crippen LogP contribution in [0.5, 0.6) is 0 Å². The normalized spacial score (nSPS) is 16.0. The second-order valence-corrected chi connectivity index (χ2v) is 7.41. The van der Waals surface area contributed by atoms with Crippen LogP contribution in [-0.2, 0) is 23.8 Å². The summed E-state index contributed by atoms with van der Waals surface area (Å²) in [6, 6.07) is 9.80. The van der Waals surface area contributed by atoms with Crippen molar-refractivity contribution in [3.05, 3.63) is 35.9 Å². The van der Waals surface area contributed by atoms with Crippen LogP contribution in [0.4, 0.5) is 0 Å². The van der Waals surface area contributed by atoms with E-state index in [1.165, 1.54) is 0 Å². The van der Waals surface area contributed by atoms with Crippen LogP contribution in [0.3, 0.4) is 0 Å². The van der Waals surface area contributed by atoms with Gasteiger partial charge in [-0.25, -0.2) is 0 Å². The molecule has 1 aliphatic rings. The maximum Gasteiger partial charge on any atom is 0.232 e. The summed E-state index contributed by atoms with van der Waals surface area (Å²) in [5.41, 5.74) is 6.12. The van der Waals surface area contributed by atoms with Crippen molar-refractivity contribution in [2.75, 3.05) is 40.2 Å². The fourth-order valence-corrected chi connectivity index (χ4v) is 3.50. The van der Waals surface area contributed by atoms with Crippen molar-refractivity contribution in [2.45, 2.75) is 50.5 Å². The number of carbonyl (C=O) groups excluding carboxylic acids is 2. The molecule has 29 heavy (non-hydrogen) atoms. The summed E-state index contributed by atoms with van der Waals surface area (Å²) >= 11 is 0. The third kappa shape index (κ3) is 8.51. The number of hydrogen-bond acceptors (Lipinski definition) is 5. The Labute approximate surface area is 173 Å². The molecule has 7 nitrogen and oxygen atoms in total. The largest absolute Gasteiger partial charge is 0.380 e. The minimum absolute atomic E-state index is 0.107. The number of likely N-dealkylation sites (tertiary alicyclic amines) is 1. The lowest BCUT2D eigenvalue weighted by Crippen LogP contribution is -2.44. The average Bonchev–Trinajstić information content (AvgIpc) is 2.74. The Morgan fingerprint density at radius 3 is 2.52 bits per heavy atom. The first-order valence-electron chi connectivity index (χ1n) is 10.4. The van der Waals surface area contributed by atoms with Gasteiger partial charge < -0.3 is 24.8 Å². The average molecular weight is 407 g/mol. The van der Waals surface area contributed by atoms with E-state index in [-0.39, 0.29) is 23.8 Å². The van der Waals surface area contributed by atoms with Crippen molar-refractivity contribution in [1.29, 1.82) is 0 Å². The van der Waals surface area contributed by atoms with Crippen molar-refractivity contribution in [1.82, 2.24) is 4.90 Å².